The lowest BCUT2D eigenvalue weighted by molar-refractivity contribution is 0.126. The summed E-state index contributed by atoms with van der Waals surface area (Å²) in [6, 6.07) is 8.45. The van der Waals surface area contributed by atoms with Crippen LogP contribution in [0.1, 0.15) is 121 Å². The Hall–Kier alpha value is -1.81. The van der Waals surface area contributed by atoms with Crippen LogP contribution in [0.15, 0.2) is 30.5 Å². The van der Waals surface area contributed by atoms with Crippen LogP contribution in [0.5, 0.6) is 0 Å². The van der Waals surface area contributed by atoms with Crippen LogP contribution in [-0.4, -0.2) is 28.4 Å². The lowest BCUT2D eigenvalue weighted by atomic mass is 10.1. The number of aryl methyl sites for hydroxylation is 2. The number of hydrogen-bond donors (Lipinski definition) is 0. The van der Waals surface area contributed by atoms with Crippen molar-refractivity contribution < 1.29 is 4.74 Å². The molecule has 0 N–H and O–H groups in total. The van der Waals surface area contributed by atoms with Crippen LogP contribution < -0.4 is 0 Å². The Morgan fingerprint density at radius 3 is 2.06 bits per heavy atom. The predicted molar refractivity (Wildman–Crippen MR) is 147 cm³/mol. The zero-order valence-electron chi connectivity index (χ0n) is 22.4. The summed E-state index contributed by atoms with van der Waals surface area (Å²) in [5.41, 5.74) is 4.15. The third-order valence-electron chi connectivity index (χ3n) is 7.20. The van der Waals surface area contributed by atoms with E-state index in [0.29, 0.717) is 0 Å². The smallest absolute Gasteiger partial charge is 0.111 e. The van der Waals surface area contributed by atoms with Gasteiger partial charge < -0.3 is 4.74 Å². The molecule has 0 aliphatic heterocycles. The first-order chi connectivity index (χ1) is 17.3. The predicted octanol–water partition coefficient (Wildman–Crippen LogP) is 8.53. The zero-order chi connectivity index (χ0) is 24.4. The van der Waals surface area contributed by atoms with Gasteiger partial charge in [0.1, 0.15) is 5.69 Å². The summed E-state index contributed by atoms with van der Waals surface area (Å²) in [6.07, 6.45) is 25.5. The summed E-state index contributed by atoms with van der Waals surface area (Å²) in [4.78, 5) is 4.63. The van der Waals surface area contributed by atoms with E-state index in [-0.39, 0.29) is 0 Å². The van der Waals surface area contributed by atoms with Gasteiger partial charge >= 0.3 is 0 Å². The molecule has 0 aromatic carbocycles. The number of pyridine rings is 1. The van der Waals surface area contributed by atoms with Gasteiger partial charge in [0.15, 0.2) is 0 Å². The molecule has 0 spiro atoms. The van der Waals surface area contributed by atoms with Gasteiger partial charge in [-0.1, -0.05) is 90.0 Å². The van der Waals surface area contributed by atoms with Crippen LogP contribution in [-0.2, 0) is 17.6 Å². The van der Waals surface area contributed by atoms with Crippen molar-refractivity contribution in [2.45, 2.75) is 122 Å². The molecule has 0 radical (unpaired) electrons. The van der Waals surface area contributed by atoms with Gasteiger partial charge in [-0.2, -0.15) is 5.10 Å². The van der Waals surface area contributed by atoms with Gasteiger partial charge in [0, 0.05) is 19.4 Å². The molecule has 2 aromatic heterocycles. The fraction of sp³-hybridized carbons (Fsp3) is 0.710. The second-order valence-corrected chi connectivity index (χ2v) is 10.5. The van der Waals surface area contributed by atoms with Crippen molar-refractivity contribution in [2.75, 3.05) is 13.2 Å². The van der Waals surface area contributed by atoms with Crippen LogP contribution in [0.3, 0.4) is 0 Å². The fourth-order valence-corrected chi connectivity index (χ4v) is 4.65. The highest BCUT2D eigenvalue weighted by atomic mass is 16.5. The van der Waals surface area contributed by atoms with E-state index in [1.165, 1.54) is 95.5 Å². The molecule has 35 heavy (non-hydrogen) atoms. The minimum atomic E-state index is 0.864. The molecule has 1 aliphatic rings. The molecule has 0 bridgehead atoms. The number of aromatic nitrogens is 3. The fourth-order valence-electron chi connectivity index (χ4n) is 4.65. The largest absolute Gasteiger partial charge is 0.381 e. The second kappa shape index (κ2) is 17.6. The van der Waals surface area contributed by atoms with Gasteiger partial charge in [-0.25, -0.2) is 0 Å². The molecular formula is C31H49N3O. The zero-order valence-corrected chi connectivity index (χ0v) is 22.4. The van der Waals surface area contributed by atoms with E-state index in [0.717, 1.165) is 61.9 Å². The number of nitrogens with zero attached hydrogens (tertiary/aromatic N) is 3. The van der Waals surface area contributed by atoms with E-state index in [4.69, 9.17) is 4.74 Å². The van der Waals surface area contributed by atoms with E-state index in [1.807, 2.05) is 6.20 Å². The van der Waals surface area contributed by atoms with Crippen molar-refractivity contribution in [2.24, 2.45) is 5.92 Å². The Kier molecular flexibility index (Phi) is 14.0. The Labute approximate surface area is 214 Å². The van der Waals surface area contributed by atoms with Gasteiger partial charge in [0.2, 0.25) is 0 Å². The van der Waals surface area contributed by atoms with Crippen molar-refractivity contribution in [3.05, 3.63) is 41.7 Å². The van der Waals surface area contributed by atoms with E-state index in [2.05, 4.69) is 46.4 Å². The molecule has 194 valence electrons. The highest BCUT2D eigenvalue weighted by molar-refractivity contribution is 5.53. The molecule has 1 saturated carbocycles. The molecule has 2 aromatic rings. The van der Waals surface area contributed by atoms with Gasteiger partial charge in [-0.3, -0.25) is 4.98 Å². The molecule has 0 saturated heterocycles. The average molecular weight is 480 g/mol. The highest BCUT2D eigenvalue weighted by Gasteiger charge is 2.19. The minimum Gasteiger partial charge on any atom is -0.381 e. The third-order valence-corrected chi connectivity index (χ3v) is 7.20. The summed E-state index contributed by atoms with van der Waals surface area (Å²) >= 11 is 0. The van der Waals surface area contributed by atoms with Crippen molar-refractivity contribution in [1.82, 2.24) is 15.2 Å². The maximum atomic E-state index is 5.74. The summed E-state index contributed by atoms with van der Waals surface area (Å²) in [7, 11) is 0. The number of ether oxygens (including phenoxy) is 1. The third kappa shape index (κ3) is 12.6. The Morgan fingerprint density at radius 2 is 1.37 bits per heavy atom. The average Bonchev–Trinajstić information content (AvgIpc) is 3.72. The van der Waals surface area contributed by atoms with Crippen molar-refractivity contribution in [3.8, 4) is 11.4 Å². The number of unbranched alkanes of at least 4 members (excludes halogenated alkanes) is 10. The SMILES string of the molecule is CCCCCCOCCCCc1ccc(-c2ccc(CCCCCCCCCC3CC3)nn2)nc1. The molecule has 4 nitrogen and oxygen atoms in total. The molecule has 0 unspecified atom stereocenters. The van der Waals surface area contributed by atoms with E-state index >= 15 is 0 Å². The molecule has 0 amide bonds. The summed E-state index contributed by atoms with van der Waals surface area (Å²) < 4.78 is 5.74. The van der Waals surface area contributed by atoms with Crippen LogP contribution in [0.25, 0.3) is 11.4 Å². The van der Waals surface area contributed by atoms with Gasteiger partial charge in [0.05, 0.1) is 11.4 Å². The van der Waals surface area contributed by atoms with E-state index in [1.54, 1.807) is 0 Å². The van der Waals surface area contributed by atoms with Crippen molar-refractivity contribution in [3.63, 3.8) is 0 Å². The van der Waals surface area contributed by atoms with Crippen molar-refractivity contribution in [1.29, 1.82) is 0 Å². The quantitative estimate of drug-likeness (QED) is 0.168. The summed E-state index contributed by atoms with van der Waals surface area (Å²) in [5.74, 6) is 1.10. The maximum Gasteiger partial charge on any atom is 0.111 e. The van der Waals surface area contributed by atoms with E-state index < -0.39 is 0 Å². The molecular weight excluding hydrogens is 430 g/mol. The Bertz CT molecular complexity index is 771. The first kappa shape index (κ1) is 27.8. The van der Waals surface area contributed by atoms with Crippen LogP contribution in [0.4, 0.5) is 0 Å². The monoisotopic (exact) mass is 479 g/mol. The van der Waals surface area contributed by atoms with Gasteiger partial charge in [0.25, 0.3) is 0 Å². The van der Waals surface area contributed by atoms with Crippen LogP contribution in [0.2, 0.25) is 0 Å². The lowest BCUT2D eigenvalue weighted by Gasteiger charge is -2.06. The molecule has 1 fully saturated rings. The Balaban J connectivity index is 1.22. The maximum absolute atomic E-state index is 5.74. The standard InChI is InChI=1S/C31H49N3O/c1-2-3-4-13-24-35-25-14-12-16-28-20-22-30(32-26-28)31-23-21-29(33-34-31)17-11-9-7-5-6-8-10-15-27-18-19-27/h20-23,26-27H,2-19,24-25H2,1H3. The van der Waals surface area contributed by atoms with Crippen LogP contribution >= 0.6 is 0 Å². The summed E-state index contributed by atoms with van der Waals surface area (Å²) in [6.45, 7) is 4.03. The molecule has 4 heteroatoms. The summed E-state index contributed by atoms with van der Waals surface area (Å²) in [5, 5.41) is 8.90. The first-order valence-electron chi connectivity index (χ1n) is 14.7. The molecule has 2 heterocycles. The van der Waals surface area contributed by atoms with E-state index in [9.17, 15) is 0 Å². The molecule has 1 aliphatic carbocycles. The minimum absolute atomic E-state index is 0.864. The highest BCUT2D eigenvalue weighted by Crippen LogP contribution is 2.34. The normalized spacial score (nSPS) is 13.4. The topological polar surface area (TPSA) is 47.9 Å². The van der Waals surface area contributed by atoms with Gasteiger partial charge in [-0.05, 0) is 68.2 Å². The lowest BCUT2D eigenvalue weighted by Crippen LogP contribution is -1.99. The molecule has 0 atom stereocenters. The van der Waals surface area contributed by atoms with Gasteiger partial charge in [-0.15, -0.1) is 5.10 Å². The number of hydrogen-bond acceptors (Lipinski definition) is 4. The Morgan fingerprint density at radius 1 is 0.686 bits per heavy atom. The number of rotatable bonds is 21. The van der Waals surface area contributed by atoms with Crippen LogP contribution in [0, 0.1) is 5.92 Å². The first-order valence-corrected chi connectivity index (χ1v) is 14.7. The molecule has 3 rings (SSSR count). The van der Waals surface area contributed by atoms with Crippen molar-refractivity contribution >= 4 is 0 Å². The second-order valence-electron chi connectivity index (χ2n) is 10.5.